The molecule has 0 saturated heterocycles. The lowest BCUT2D eigenvalue weighted by molar-refractivity contribution is 0.162. The predicted octanol–water partition coefficient (Wildman–Crippen LogP) is 3.38. The molecule has 1 N–H and O–H groups in total. The minimum absolute atomic E-state index is 0.621. The highest BCUT2D eigenvalue weighted by molar-refractivity contribution is 4.77. The van der Waals surface area contributed by atoms with Gasteiger partial charge in [-0.05, 0) is 38.6 Å². The Balaban J connectivity index is 4.34. The van der Waals surface area contributed by atoms with E-state index in [0.717, 1.165) is 12.5 Å². The van der Waals surface area contributed by atoms with Crippen molar-refractivity contribution in [1.29, 1.82) is 0 Å². The standard InChI is InChI=1S/C15H34N2/c1-8-9-16-15(13(4)5)11-17(14(6)7)10-12(2)3/h12-16H,8-11H2,1-7H3. The van der Waals surface area contributed by atoms with Gasteiger partial charge in [0.15, 0.2) is 0 Å². The van der Waals surface area contributed by atoms with Crippen LogP contribution in [0.15, 0.2) is 0 Å². The van der Waals surface area contributed by atoms with Crippen LogP contribution in [-0.4, -0.2) is 36.6 Å². The highest BCUT2D eigenvalue weighted by atomic mass is 15.2. The molecule has 0 aliphatic carbocycles. The van der Waals surface area contributed by atoms with E-state index in [1.165, 1.54) is 19.5 Å². The maximum Gasteiger partial charge on any atom is 0.0218 e. The third kappa shape index (κ3) is 7.77. The summed E-state index contributed by atoms with van der Waals surface area (Å²) in [5, 5.41) is 3.69. The summed E-state index contributed by atoms with van der Waals surface area (Å²) in [6.45, 7) is 19.6. The molecule has 0 rings (SSSR count). The van der Waals surface area contributed by atoms with Crippen molar-refractivity contribution in [1.82, 2.24) is 10.2 Å². The van der Waals surface area contributed by atoms with Gasteiger partial charge in [-0.2, -0.15) is 0 Å². The van der Waals surface area contributed by atoms with Gasteiger partial charge < -0.3 is 5.32 Å². The Hall–Kier alpha value is -0.0800. The molecular weight excluding hydrogens is 208 g/mol. The van der Waals surface area contributed by atoms with Crippen molar-refractivity contribution in [2.75, 3.05) is 19.6 Å². The Morgan fingerprint density at radius 2 is 1.53 bits per heavy atom. The molecule has 2 nitrogen and oxygen atoms in total. The van der Waals surface area contributed by atoms with Crippen LogP contribution < -0.4 is 5.32 Å². The lowest BCUT2D eigenvalue weighted by atomic mass is 10.0. The lowest BCUT2D eigenvalue weighted by Crippen LogP contribution is -2.47. The number of nitrogens with one attached hydrogen (secondary N) is 1. The van der Waals surface area contributed by atoms with Gasteiger partial charge in [-0.1, -0.05) is 34.6 Å². The van der Waals surface area contributed by atoms with Crippen molar-refractivity contribution in [2.45, 2.75) is 67.0 Å². The number of hydrogen-bond donors (Lipinski definition) is 1. The van der Waals surface area contributed by atoms with E-state index >= 15 is 0 Å². The molecule has 1 atom stereocenters. The minimum atomic E-state index is 0.621. The van der Waals surface area contributed by atoms with Crippen molar-refractivity contribution < 1.29 is 0 Å². The van der Waals surface area contributed by atoms with Crippen LogP contribution in [0, 0.1) is 11.8 Å². The van der Waals surface area contributed by atoms with Crippen LogP contribution in [0.25, 0.3) is 0 Å². The second-order valence-electron chi connectivity index (χ2n) is 6.25. The van der Waals surface area contributed by atoms with Gasteiger partial charge >= 0.3 is 0 Å². The summed E-state index contributed by atoms with van der Waals surface area (Å²) in [4.78, 5) is 2.61. The van der Waals surface area contributed by atoms with Crippen LogP contribution in [0.5, 0.6) is 0 Å². The topological polar surface area (TPSA) is 15.3 Å². The zero-order valence-corrected chi connectivity index (χ0v) is 13.1. The smallest absolute Gasteiger partial charge is 0.0218 e. The summed E-state index contributed by atoms with van der Waals surface area (Å²) < 4.78 is 0. The van der Waals surface area contributed by atoms with Gasteiger partial charge in [0.1, 0.15) is 0 Å². The fourth-order valence-corrected chi connectivity index (χ4v) is 2.06. The molecule has 1 unspecified atom stereocenters. The van der Waals surface area contributed by atoms with E-state index in [1.807, 2.05) is 0 Å². The molecule has 0 aromatic carbocycles. The molecule has 0 radical (unpaired) electrons. The van der Waals surface area contributed by atoms with Crippen LogP contribution in [0.1, 0.15) is 54.9 Å². The fourth-order valence-electron chi connectivity index (χ4n) is 2.06. The van der Waals surface area contributed by atoms with E-state index < -0.39 is 0 Å². The Morgan fingerprint density at radius 1 is 0.941 bits per heavy atom. The van der Waals surface area contributed by atoms with E-state index in [1.54, 1.807) is 0 Å². The molecule has 0 bridgehead atoms. The monoisotopic (exact) mass is 242 g/mol. The molecule has 0 aromatic rings. The van der Waals surface area contributed by atoms with Crippen LogP contribution >= 0.6 is 0 Å². The summed E-state index contributed by atoms with van der Waals surface area (Å²) in [7, 11) is 0. The highest BCUT2D eigenvalue weighted by Crippen LogP contribution is 2.10. The number of rotatable bonds is 9. The second kappa shape index (κ2) is 8.93. The molecule has 104 valence electrons. The maximum atomic E-state index is 3.69. The zero-order chi connectivity index (χ0) is 13.4. The summed E-state index contributed by atoms with van der Waals surface area (Å²) >= 11 is 0. The molecule has 0 aromatic heterocycles. The molecule has 0 aliphatic heterocycles. The first kappa shape index (κ1) is 16.9. The van der Waals surface area contributed by atoms with Crippen LogP contribution in [0.2, 0.25) is 0 Å². The minimum Gasteiger partial charge on any atom is -0.312 e. The summed E-state index contributed by atoms with van der Waals surface area (Å²) in [5.74, 6) is 1.45. The molecule has 0 amide bonds. The predicted molar refractivity (Wildman–Crippen MR) is 78.5 cm³/mol. The highest BCUT2D eigenvalue weighted by Gasteiger charge is 2.19. The molecule has 17 heavy (non-hydrogen) atoms. The molecule has 0 heterocycles. The van der Waals surface area contributed by atoms with Crippen molar-refractivity contribution in [2.24, 2.45) is 11.8 Å². The number of hydrogen-bond acceptors (Lipinski definition) is 2. The van der Waals surface area contributed by atoms with E-state index in [0.29, 0.717) is 18.0 Å². The number of nitrogens with zero attached hydrogens (tertiary/aromatic N) is 1. The first-order valence-electron chi connectivity index (χ1n) is 7.35. The average molecular weight is 242 g/mol. The van der Waals surface area contributed by atoms with Gasteiger partial charge in [0.05, 0.1) is 0 Å². The first-order chi connectivity index (χ1) is 7.88. The molecule has 0 saturated carbocycles. The van der Waals surface area contributed by atoms with E-state index in [4.69, 9.17) is 0 Å². The maximum absolute atomic E-state index is 3.69. The van der Waals surface area contributed by atoms with Gasteiger partial charge in [0.25, 0.3) is 0 Å². The quantitative estimate of drug-likeness (QED) is 0.667. The Bertz CT molecular complexity index is 176. The third-order valence-electron chi connectivity index (χ3n) is 3.22. The summed E-state index contributed by atoms with van der Waals surface area (Å²) in [5.41, 5.74) is 0. The Kier molecular flexibility index (Phi) is 8.89. The molecule has 0 aliphatic rings. The van der Waals surface area contributed by atoms with Crippen molar-refractivity contribution in [3.8, 4) is 0 Å². The fraction of sp³-hybridized carbons (Fsp3) is 1.00. The average Bonchev–Trinajstić information content (AvgIpc) is 2.21. The van der Waals surface area contributed by atoms with Crippen molar-refractivity contribution >= 4 is 0 Å². The van der Waals surface area contributed by atoms with Crippen LogP contribution in [0.4, 0.5) is 0 Å². The Morgan fingerprint density at radius 3 is 1.88 bits per heavy atom. The van der Waals surface area contributed by atoms with Gasteiger partial charge in [-0.15, -0.1) is 0 Å². The second-order valence-corrected chi connectivity index (χ2v) is 6.25. The van der Waals surface area contributed by atoms with E-state index in [9.17, 15) is 0 Å². The molecule has 0 fully saturated rings. The Labute approximate surface area is 109 Å². The molecular formula is C15H34N2. The first-order valence-corrected chi connectivity index (χ1v) is 7.35. The van der Waals surface area contributed by atoms with Crippen molar-refractivity contribution in [3.05, 3.63) is 0 Å². The van der Waals surface area contributed by atoms with E-state index in [2.05, 4.69) is 58.7 Å². The van der Waals surface area contributed by atoms with Gasteiger partial charge in [0, 0.05) is 25.2 Å². The van der Waals surface area contributed by atoms with E-state index in [-0.39, 0.29) is 0 Å². The van der Waals surface area contributed by atoms with Gasteiger partial charge in [-0.25, -0.2) is 0 Å². The van der Waals surface area contributed by atoms with Crippen molar-refractivity contribution in [3.63, 3.8) is 0 Å². The lowest BCUT2D eigenvalue weighted by Gasteiger charge is -2.34. The SMILES string of the molecule is CCCNC(CN(CC(C)C)C(C)C)C(C)C. The molecule has 0 spiro atoms. The zero-order valence-electron chi connectivity index (χ0n) is 13.1. The van der Waals surface area contributed by atoms with Gasteiger partial charge in [0.2, 0.25) is 0 Å². The van der Waals surface area contributed by atoms with Gasteiger partial charge in [-0.3, -0.25) is 4.90 Å². The normalized spacial score (nSPS) is 14.3. The summed E-state index contributed by atoms with van der Waals surface area (Å²) in [6, 6.07) is 1.26. The van der Waals surface area contributed by atoms with Crippen LogP contribution in [-0.2, 0) is 0 Å². The molecule has 2 heteroatoms. The largest absolute Gasteiger partial charge is 0.312 e. The van der Waals surface area contributed by atoms with Crippen LogP contribution in [0.3, 0.4) is 0 Å². The summed E-state index contributed by atoms with van der Waals surface area (Å²) in [6.07, 6.45) is 1.22. The third-order valence-corrected chi connectivity index (χ3v) is 3.22.